The van der Waals surface area contributed by atoms with Crippen LogP contribution in [0.5, 0.6) is 5.75 Å². The molecule has 7 nitrogen and oxygen atoms in total. The summed E-state index contributed by atoms with van der Waals surface area (Å²) in [6.07, 6.45) is -0.566. The molecular formula is C13H19N3O4. The van der Waals surface area contributed by atoms with Crippen molar-refractivity contribution in [2.24, 2.45) is 0 Å². The molecule has 1 aliphatic heterocycles. The molecule has 110 valence electrons. The number of piperazine rings is 1. The number of hydrogen-bond acceptors (Lipinski definition) is 6. The second-order valence-electron chi connectivity index (χ2n) is 4.77. The first-order valence-corrected chi connectivity index (χ1v) is 6.63. The van der Waals surface area contributed by atoms with Crippen LogP contribution < -0.4 is 10.1 Å². The van der Waals surface area contributed by atoms with Gasteiger partial charge < -0.3 is 15.2 Å². The summed E-state index contributed by atoms with van der Waals surface area (Å²) in [6, 6.07) is 5.85. The molecule has 1 unspecified atom stereocenters. The van der Waals surface area contributed by atoms with E-state index in [1.165, 1.54) is 24.3 Å². The number of nitrogens with one attached hydrogen (secondary N) is 1. The molecule has 2 N–H and O–H groups in total. The van der Waals surface area contributed by atoms with Crippen molar-refractivity contribution in [2.45, 2.75) is 6.10 Å². The molecule has 0 aliphatic carbocycles. The van der Waals surface area contributed by atoms with Crippen molar-refractivity contribution in [3.05, 3.63) is 34.4 Å². The van der Waals surface area contributed by atoms with Gasteiger partial charge >= 0.3 is 0 Å². The van der Waals surface area contributed by atoms with E-state index < -0.39 is 11.0 Å². The standard InChI is InChI=1S/C13H19N3O4/c17-12(9-15-7-5-14-6-8-15)10-20-13-3-1-11(2-4-13)16(18)19/h1-4,12,14,17H,5-10H2. The van der Waals surface area contributed by atoms with E-state index >= 15 is 0 Å². The summed E-state index contributed by atoms with van der Waals surface area (Å²) in [6.45, 7) is 4.49. The maximum atomic E-state index is 10.5. The number of nitro benzene ring substituents is 1. The van der Waals surface area contributed by atoms with Gasteiger partial charge in [-0.2, -0.15) is 0 Å². The highest BCUT2D eigenvalue weighted by molar-refractivity contribution is 5.35. The highest BCUT2D eigenvalue weighted by Gasteiger charge is 2.14. The van der Waals surface area contributed by atoms with Gasteiger partial charge in [0.2, 0.25) is 0 Å². The molecule has 1 aromatic rings. The fraction of sp³-hybridized carbons (Fsp3) is 0.538. The molecule has 0 aromatic heterocycles. The minimum absolute atomic E-state index is 0.0266. The molecule has 1 saturated heterocycles. The Morgan fingerprint density at radius 3 is 2.60 bits per heavy atom. The second-order valence-corrected chi connectivity index (χ2v) is 4.77. The molecule has 1 aliphatic rings. The van der Waals surface area contributed by atoms with E-state index in [1.807, 2.05) is 0 Å². The summed E-state index contributed by atoms with van der Waals surface area (Å²) in [4.78, 5) is 12.2. The summed E-state index contributed by atoms with van der Waals surface area (Å²) in [7, 11) is 0. The Bertz CT molecular complexity index is 432. The number of β-amino-alcohol motifs (C(OH)–C–C–N with tert-alkyl or cyclic N) is 1. The highest BCUT2D eigenvalue weighted by Crippen LogP contribution is 2.17. The van der Waals surface area contributed by atoms with Gasteiger partial charge in [0.1, 0.15) is 18.5 Å². The number of rotatable bonds is 6. The topological polar surface area (TPSA) is 87.9 Å². The van der Waals surface area contributed by atoms with Crippen molar-refractivity contribution in [2.75, 3.05) is 39.3 Å². The Morgan fingerprint density at radius 2 is 2.00 bits per heavy atom. The number of benzene rings is 1. The van der Waals surface area contributed by atoms with Gasteiger partial charge in [-0.05, 0) is 12.1 Å². The van der Waals surface area contributed by atoms with Gasteiger partial charge in [0.15, 0.2) is 0 Å². The zero-order valence-electron chi connectivity index (χ0n) is 11.2. The monoisotopic (exact) mass is 281 g/mol. The Balaban J connectivity index is 1.74. The molecule has 2 rings (SSSR count). The highest BCUT2D eigenvalue weighted by atomic mass is 16.6. The molecular weight excluding hydrogens is 262 g/mol. The van der Waals surface area contributed by atoms with Crippen LogP contribution in [0.2, 0.25) is 0 Å². The van der Waals surface area contributed by atoms with Crippen molar-refractivity contribution in [1.29, 1.82) is 0 Å². The normalized spacial score (nSPS) is 17.6. The summed E-state index contributed by atoms with van der Waals surface area (Å²) < 4.78 is 5.43. The SMILES string of the molecule is O=[N+]([O-])c1ccc(OCC(O)CN2CCNCC2)cc1. The molecule has 20 heavy (non-hydrogen) atoms. The number of ether oxygens (including phenoxy) is 1. The van der Waals surface area contributed by atoms with Crippen LogP contribution in [0.25, 0.3) is 0 Å². The maximum absolute atomic E-state index is 10.5. The molecule has 7 heteroatoms. The van der Waals surface area contributed by atoms with E-state index in [-0.39, 0.29) is 12.3 Å². The predicted octanol–water partition coefficient (Wildman–Crippen LogP) is 0.240. The lowest BCUT2D eigenvalue weighted by molar-refractivity contribution is -0.384. The summed E-state index contributed by atoms with van der Waals surface area (Å²) in [5, 5.41) is 23.7. The van der Waals surface area contributed by atoms with Gasteiger partial charge in [-0.25, -0.2) is 0 Å². The van der Waals surface area contributed by atoms with E-state index in [1.54, 1.807) is 0 Å². The second kappa shape index (κ2) is 7.18. The van der Waals surface area contributed by atoms with Crippen LogP contribution in [0.3, 0.4) is 0 Å². The van der Waals surface area contributed by atoms with Crippen molar-refractivity contribution in [3.63, 3.8) is 0 Å². The Labute approximate surface area is 117 Å². The lowest BCUT2D eigenvalue weighted by Gasteiger charge is -2.28. The molecule has 1 aromatic carbocycles. The average molecular weight is 281 g/mol. The zero-order valence-corrected chi connectivity index (χ0v) is 11.2. The van der Waals surface area contributed by atoms with E-state index in [0.29, 0.717) is 12.3 Å². The van der Waals surface area contributed by atoms with Crippen LogP contribution in [0, 0.1) is 10.1 Å². The smallest absolute Gasteiger partial charge is 0.269 e. The van der Waals surface area contributed by atoms with Crippen LogP contribution in [0.15, 0.2) is 24.3 Å². The predicted molar refractivity (Wildman–Crippen MR) is 73.9 cm³/mol. The van der Waals surface area contributed by atoms with Crippen molar-refractivity contribution < 1.29 is 14.8 Å². The van der Waals surface area contributed by atoms with Crippen LogP contribution in [-0.4, -0.2) is 60.4 Å². The maximum Gasteiger partial charge on any atom is 0.269 e. The number of hydrogen-bond donors (Lipinski definition) is 2. The van der Waals surface area contributed by atoms with Gasteiger partial charge in [-0.3, -0.25) is 15.0 Å². The molecule has 1 atom stereocenters. The molecule has 0 amide bonds. The number of non-ortho nitro benzene ring substituents is 1. The quantitative estimate of drug-likeness (QED) is 0.573. The first kappa shape index (κ1) is 14.7. The zero-order chi connectivity index (χ0) is 14.4. The van der Waals surface area contributed by atoms with E-state index in [4.69, 9.17) is 4.74 Å². The summed E-state index contributed by atoms with van der Waals surface area (Å²) >= 11 is 0. The third-order valence-electron chi connectivity index (χ3n) is 3.17. The number of aliphatic hydroxyl groups is 1. The minimum Gasteiger partial charge on any atom is -0.491 e. The van der Waals surface area contributed by atoms with Crippen molar-refractivity contribution in [1.82, 2.24) is 10.2 Å². The summed E-state index contributed by atoms with van der Waals surface area (Å²) in [5.74, 6) is 0.523. The van der Waals surface area contributed by atoms with Crippen molar-refractivity contribution in [3.8, 4) is 5.75 Å². The number of aliphatic hydroxyl groups excluding tert-OH is 1. The van der Waals surface area contributed by atoms with Gasteiger partial charge in [0.25, 0.3) is 5.69 Å². The van der Waals surface area contributed by atoms with Crippen molar-refractivity contribution >= 4 is 5.69 Å². The van der Waals surface area contributed by atoms with Crippen LogP contribution in [0.1, 0.15) is 0 Å². The van der Waals surface area contributed by atoms with E-state index in [9.17, 15) is 15.2 Å². The van der Waals surface area contributed by atoms with Crippen LogP contribution in [-0.2, 0) is 0 Å². The van der Waals surface area contributed by atoms with Crippen LogP contribution in [0.4, 0.5) is 5.69 Å². The first-order chi connectivity index (χ1) is 9.65. The van der Waals surface area contributed by atoms with E-state index in [2.05, 4.69) is 10.2 Å². The van der Waals surface area contributed by atoms with Crippen LogP contribution >= 0.6 is 0 Å². The molecule has 0 spiro atoms. The Morgan fingerprint density at radius 1 is 1.35 bits per heavy atom. The molecule has 0 radical (unpaired) electrons. The number of nitro groups is 1. The molecule has 0 bridgehead atoms. The third-order valence-corrected chi connectivity index (χ3v) is 3.17. The first-order valence-electron chi connectivity index (χ1n) is 6.63. The fourth-order valence-corrected chi connectivity index (χ4v) is 2.10. The lowest BCUT2D eigenvalue weighted by Crippen LogP contribution is -2.47. The molecule has 0 saturated carbocycles. The van der Waals surface area contributed by atoms with Gasteiger partial charge in [0.05, 0.1) is 4.92 Å². The van der Waals surface area contributed by atoms with Gasteiger partial charge in [0, 0.05) is 44.9 Å². The Hall–Kier alpha value is -1.70. The fourth-order valence-electron chi connectivity index (χ4n) is 2.10. The largest absolute Gasteiger partial charge is 0.491 e. The van der Waals surface area contributed by atoms with Gasteiger partial charge in [-0.1, -0.05) is 0 Å². The average Bonchev–Trinajstić information content (AvgIpc) is 2.46. The minimum atomic E-state index is -0.566. The summed E-state index contributed by atoms with van der Waals surface area (Å²) in [5.41, 5.74) is 0.0266. The van der Waals surface area contributed by atoms with Gasteiger partial charge in [-0.15, -0.1) is 0 Å². The third kappa shape index (κ3) is 4.44. The van der Waals surface area contributed by atoms with E-state index in [0.717, 1.165) is 26.2 Å². The lowest BCUT2D eigenvalue weighted by atomic mass is 10.3. The molecule has 1 heterocycles. The molecule has 1 fully saturated rings. The number of nitrogens with zero attached hydrogens (tertiary/aromatic N) is 2. The Kier molecular flexibility index (Phi) is 5.28.